The average Bonchev–Trinajstić information content (AvgIpc) is 3.95. The molecule has 0 aliphatic rings. The molecule has 0 saturated carbocycles. The molecule has 3 aromatic heterocycles. The Bertz CT molecular complexity index is 3390. The minimum absolute atomic E-state index is 1.18. The molecule has 284 valence electrons. The van der Waals surface area contributed by atoms with Crippen LogP contribution in [0.4, 0.5) is 0 Å². The van der Waals surface area contributed by atoms with Crippen molar-refractivity contribution >= 4 is 97.7 Å². The van der Waals surface area contributed by atoms with Crippen molar-refractivity contribution in [3.63, 3.8) is 0 Å². The number of hydrogen-bond acceptors (Lipinski definition) is 0. The lowest BCUT2D eigenvalue weighted by Crippen LogP contribution is -1.99. The normalized spacial score (nSPS) is 11.9. The molecule has 0 amide bonds. The first kappa shape index (κ1) is 34.4. The van der Waals surface area contributed by atoms with Gasteiger partial charge in [-0.15, -0.1) is 0 Å². The number of hydrogen-bond donors (Lipinski definition) is 0. The molecule has 13 rings (SSSR count). The van der Waals surface area contributed by atoms with E-state index in [1.54, 1.807) is 0 Å². The monoisotopic (exact) mass is 767 g/mol. The SMILES string of the molecule is CCC.c1ccc2c(-n3c4ccccc4c4c3c3c5ccccc5n(-c5cccc6ccccc56)c3c3c5ccccc5n(-c5cccc6ccccc56)c43)cccc2c1. The first-order valence-electron chi connectivity index (χ1n) is 21.1. The fourth-order valence-electron chi connectivity index (χ4n) is 10.1. The Labute approximate surface area is 347 Å². The van der Waals surface area contributed by atoms with Gasteiger partial charge in [-0.25, -0.2) is 0 Å². The van der Waals surface area contributed by atoms with E-state index < -0.39 is 0 Å². The Morgan fingerprint density at radius 1 is 0.267 bits per heavy atom. The summed E-state index contributed by atoms with van der Waals surface area (Å²) in [6, 6.07) is 73.7. The highest BCUT2D eigenvalue weighted by atomic mass is 15.0. The van der Waals surface area contributed by atoms with Gasteiger partial charge in [0.25, 0.3) is 0 Å². The maximum Gasteiger partial charge on any atom is 0.0663 e. The van der Waals surface area contributed by atoms with Crippen molar-refractivity contribution in [3.8, 4) is 17.1 Å². The van der Waals surface area contributed by atoms with E-state index in [4.69, 9.17) is 0 Å². The van der Waals surface area contributed by atoms with Gasteiger partial charge in [0.15, 0.2) is 0 Å². The van der Waals surface area contributed by atoms with E-state index in [9.17, 15) is 0 Å². The molecule has 0 radical (unpaired) electrons. The van der Waals surface area contributed by atoms with Crippen LogP contribution in [-0.2, 0) is 0 Å². The fraction of sp³-hybridized carbons (Fsp3) is 0.0526. The zero-order valence-corrected chi connectivity index (χ0v) is 33.6. The van der Waals surface area contributed by atoms with E-state index in [0.717, 1.165) is 0 Å². The number of fused-ring (bicyclic) bond motifs is 15. The molecular formula is C57H41N3. The van der Waals surface area contributed by atoms with E-state index in [2.05, 4.69) is 228 Å². The van der Waals surface area contributed by atoms with Gasteiger partial charge in [0.2, 0.25) is 0 Å². The Kier molecular flexibility index (Phi) is 7.73. The third kappa shape index (κ3) is 4.78. The standard InChI is InChI=1S/C54H33N3.C3H8/c1-4-22-37-34(16-1)19-13-31-43(37)55-46-28-10-7-25-40(46)49-52(55)50-41-26-8-11-29-47(41)56(44-32-14-20-35-17-2-5-23-38(35)44)54(50)51-42-27-9-12-30-48(42)57(53(49)51)45-33-15-21-36-18-3-6-24-39(36)45;1-3-2/h1-33H;3H2,1-2H3. The van der Waals surface area contributed by atoms with Crippen LogP contribution in [0.5, 0.6) is 0 Å². The van der Waals surface area contributed by atoms with Gasteiger partial charge in [0, 0.05) is 48.5 Å². The topological polar surface area (TPSA) is 14.8 Å². The molecule has 0 aliphatic heterocycles. The van der Waals surface area contributed by atoms with Crippen LogP contribution in [0.25, 0.3) is 115 Å². The van der Waals surface area contributed by atoms with Gasteiger partial charge in [-0.1, -0.05) is 184 Å². The van der Waals surface area contributed by atoms with Crippen molar-refractivity contribution in [3.05, 3.63) is 200 Å². The summed E-state index contributed by atoms with van der Waals surface area (Å²) in [5, 5.41) is 14.8. The molecule has 3 nitrogen and oxygen atoms in total. The second kappa shape index (κ2) is 13.5. The maximum atomic E-state index is 2.57. The lowest BCUT2D eigenvalue weighted by atomic mass is 10.0. The minimum atomic E-state index is 1.18. The second-order valence-electron chi connectivity index (χ2n) is 15.9. The average molecular weight is 768 g/mol. The van der Waals surface area contributed by atoms with Crippen molar-refractivity contribution in [1.29, 1.82) is 0 Å². The van der Waals surface area contributed by atoms with Crippen molar-refractivity contribution in [1.82, 2.24) is 13.7 Å². The minimum Gasteiger partial charge on any atom is -0.308 e. The van der Waals surface area contributed by atoms with E-state index in [-0.39, 0.29) is 0 Å². The molecule has 0 spiro atoms. The molecule has 3 heterocycles. The lowest BCUT2D eigenvalue weighted by molar-refractivity contribution is 1.09. The van der Waals surface area contributed by atoms with Crippen molar-refractivity contribution < 1.29 is 0 Å². The second-order valence-corrected chi connectivity index (χ2v) is 15.9. The highest BCUT2D eigenvalue weighted by Crippen LogP contribution is 2.51. The van der Waals surface area contributed by atoms with Crippen LogP contribution in [0.1, 0.15) is 20.3 Å². The summed E-state index contributed by atoms with van der Waals surface area (Å²) in [6.45, 7) is 4.25. The van der Waals surface area contributed by atoms with Gasteiger partial charge in [0.1, 0.15) is 0 Å². The van der Waals surface area contributed by atoms with Crippen molar-refractivity contribution in [2.24, 2.45) is 0 Å². The third-order valence-corrected chi connectivity index (χ3v) is 12.4. The highest BCUT2D eigenvalue weighted by molar-refractivity contribution is 6.40. The lowest BCUT2D eigenvalue weighted by Gasteiger charge is -2.16. The number of nitrogens with zero attached hydrogens (tertiary/aromatic N) is 3. The van der Waals surface area contributed by atoms with Gasteiger partial charge in [0.05, 0.1) is 50.2 Å². The first-order valence-corrected chi connectivity index (χ1v) is 21.1. The summed E-state index contributed by atoms with van der Waals surface area (Å²) >= 11 is 0. The Morgan fingerprint density at radius 2 is 0.500 bits per heavy atom. The predicted molar refractivity (Wildman–Crippen MR) is 258 cm³/mol. The number of aromatic nitrogens is 3. The summed E-state index contributed by atoms with van der Waals surface area (Å²) in [5.74, 6) is 0. The van der Waals surface area contributed by atoms with E-state index >= 15 is 0 Å². The molecule has 13 aromatic rings. The van der Waals surface area contributed by atoms with Crippen LogP contribution >= 0.6 is 0 Å². The fourth-order valence-corrected chi connectivity index (χ4v) is 10.1. The smallest absolute Gasteiger partial charge is 0.0663 e. The maximum absolute atomic E-state index is 2.57. The number of para-hydroxylation sites is 3. The molecule has 0 aliphatic carbocycles. The van der Waals surface area contributed by atoms with Crippen molar-refractivity contribution in [2.45, 2.75) is 20.3 Å². The summed E-state index contributed by atoms with van der Waals surface area (Å²) in [5.41, 5.74) is 10.7. The molecule has 0 atom stereocenters. The van der Waals surface area contributed by atoms with E-state index in [1.165, 1.54) is 121 Å². The molecule has 10 aromatic carbocycles. The molecule has 0 fully saturated rings. The number of benzene rings is 10. The first-order chi connectivity index (χ1) is 29.8. The van der Waals surface area contributed by atoms with Crippen molar-refractivity contribution in [2.75, 3.05) is 0 Å². The highest BCUT2D eigenvalue weighted by Gasteiger charge is 2.29. The van der Waals surface area contributed by atoms with E-state index in [0.29, 0.717) is 0 Å². The third-order valence-electron chi connectivity index (χ3n) is 12.4. The van der Waals surface area contributed by atoms with Gasteiger partial charge < -0.3 is 13.7 Å². The summed E-state index contributed by atoms with van der Waals surface area (Å²) in [7, 11) is 0. The van der Waals surface area contributed by atoms with Gasteiger partial charge >= 0.3 is 0 Å². The Morgan fingerprint density at radius 3 is 0.800 bits per heavy atom. The van der Waals surface area contributed by atoms with E-state index in [1.807, 2.05) is 0 Å². The molecule has 0 saturated heterocycles. The quantitative estimate of drug-likeness (QED) is 0.170. The van der Waals surface area contributed by atoms with Crippen LogP contribution in [-0.4, -0.2) is 13.7 Å². The zero-order chi connectivity index (χ0) is 39.9. The van der Waals surface area contributed by atoms with Crippen LogP contribution < -0.4 is 0 Å². The molecule has 60 heavy (non-hydrogen) atoms. The largest absolute Gasteiger partial charge is 0.308 e. The molecule has 3 heteroatoms. The molecule has 0 N–H and O–H groups in total. The Balaban J connectivity index is 0.00000126. The van der Waals surface area contributed by atoms with Gasteiger partial charge in [-0.3, -0.25) is 0 Å². The zero-order valence-electron chi connectivity index (χ0n) is 33.6. The van der Waals surface area contributed by atoms with Crippen LogP contribution in [0, 0.1) is 0 Å². The van der Waals surface area contributed by atoms with Gasteiger partial charge in [-0.05, 0) is 52.6 Å². The Hall–Kier alpha value is -7.62. The van der Waals surface area contributed by atoms with Gasteiger partial charge in [-0.2, -0.15) is 0 Å². The summed E-state index contributed by atoms with van der Waals surface area (Å²) < 4.78 is 7.71. The number of rotatable bonds is 3. The molecule has 0 bridgehead atoms. The van der Waals surface area contributed by atoms with Crippen LogP contribution in [0.3, 0.4) is 0 Å². The molecule has 0 unspecified atom stereocenters. The van der Waals surface area contributed by atoms with Crippen LogP contribution in [0.2, 0.25) is 0 Å². The predicted octanol–water partition coefficient (Wildman–Crippen LogP) is 15.9. The molecular weight excluding hydrogens is 727 g/mol. The van der Waals surface area contributed by atoms with Crippen LogP contribution in [0.15, 0.2) is 200 Å². The summed E-state index contributed by atoms with van der Waals surface area (Å²) in [4.78, 5) is 0. The summed E-state index contributed by atoms with van der Waals surface area (Å²) in [6.07, 6.45) is 1.25.